The number of fused-ring (bicyclic) bond motifs is 1. The van der Waals surface area contributed by atoms with Crippen molar-refractivity contribution in [3.8, 4) is 0 Å². The summed E-state index contributed by atoms with van der Waals surface area (Å²) in [4.78, 5) is 15.1. The Morgan fingerprint density at radius 3 is 2.93 bits per heavy atom. The maximum absolute atomic E-state index is 12.9. The van der Waals surface area contributed by atoms with E-state index in [1.54, 1.807) is 17.8 Å². The largest absolute Gasteiger partial charge is 0.335 e. The summed E-state index contributed by atoms with van der Waals surface area (Å²) in [6.45, 7) is 1.46. The molecule has 0 unspecified atom stereocenters. The molecule has 0 fully saturated rings. The third-order valence-electron chi connectivity index (χ3n) is 2.16. The number of hydrogen-bond acceptors (Lipinski definition) is 2. The molecule has 0 aromatic carbocycles. The SMILES string of the molecule is CC(=O)c1cn(C)c2ncc(F)cc12. The molecule has 4 heteroatoms. The Kier molecular flexibility index (Phi) is 1.84. The number of halogens is 1. The summed E-state index contributed by atoms with van der Waals surface area (Å²) in [5.41, 5.74) is 1.13. The number of pyridine rings is 1. The molecule has 0 aliphatic rings. The van der Waals surface area contributed by atoms with Crippen molar-refractivity contribution in [2.75, 3.05) is 0 Å². The normalized spacial score (nSPS) is 10.8. The van der Waals surface area contributed by atoms with Gasteiger partial charge in [0.2, 0.25) is 0 Å². The van der Waals surface area contributed by atoms with Gasteiger partial charge < -0.3 is 4.57 Å². The highest BCUT2D eigenvalue weighted by Gasteiger charge is 2.11. The Bertz CT molecular complexity index is 516. The van der Waals surface area contributed by atoms with Crippen LogP contribution in [0.5, 0.6) is 0 Å². The number of nitrogens with zero attached hydrogens (tertiary/aromatic N) is 2. The first-order valence-corrected chi connectivity index (χ1v) is 4.21. The van der Waals surface area contributed by atoms with Gasteiger partial charge >= 0.3 is 0 Å². The molecule has 0 N–H and O–H groups in total. The lowest BCUT2D eigenvalue weighted by Gasteiger charge is -1.93. The molecule has 0 saturated heterocycles. The van der Waals surface area contributed by atoms with E-state index >= 15 is 0 Å². The van der Waals surface area contributed by atoms with E-state index in [9.17, 15) is 9.18 Å². The number of carbonyl (C=O) groups is 1. The van der Waals surface area contributed by atoms with Gasteiger partial charge in [-0.3, -0.25) is 4.79 Å². The van der Waals surface area contributed by atoms with Crippen molar-refractivity contribution in [2.45, 2.75) is 6.92 Å². The number of aryl methyl sites for hydroxylation is 1. The second kappa shape index (κ2) is 2.90. The van der Waals surface area contributed by atoms with Crippen LogP contribution in [0, 0.1) is 5.82 Å². The van der Waals surface area contributed by atoms with Gasteiger partial charge in [0, 0.05) is 24.2 Å². The molecule has 0 aliphatic heterocycles. The quantitative estimate of drug-likeness (QED) is 0.647. The molecular formula is C10H9FN2O. The monoisotopic (exact) mass is 192 g/mol. The molecule has 2 heterocycles. The number of aromatic nitrogens is 2. The first-order chi connectivity index (χ1) is 6.59. The number of Topliss-reactive ketones (excluding diaryl/α,β-unsaturated/α-hetero) is 1. The van der Waals surface area contributed by atoms with Crippen LogP contribution >= 0.6 is 0 Å². The predicted octanol–water partition coefficient (Wildman–Crippen LogP) is 1.91. The van der Waals surface area contributed by atoms with Gasteiger partial charge in [0.1, 0.15) is 11.5 Å². The third kappa shape index (κ3) is 1.19. The minimum absolute atomic E-state index is 0.0806. The molecule has 0 spiro atoms. The van der Waals surface area contributed by atoms with Crippen molar-refractivity contribution in [3.05, 3.63) is 29.8 Å². The van der Waals surface area contributed by atoms with Crippen LogP contribution < -0.4 is 0 Å². The standard InChI is InChI=1S/C10H9FN2O/c1-6(14)9-5-13(2)10-8(9)3-7(11)4-12-10/h3-5H,1-2H3. The zero-order valence-corrected chi connectivity index (χ0v) is 7.91. The lowest BCUT2D eigenvalue weighted by atomic mass is 10.1. The Balaban J connectivity index is 2.85. The van der Waals surface area contributed by atoms with Gasteiger partial charge in [-0.2, -0.15) is 0 Å². The van der Waals surface area contributed by atoms with Gasteiger partial charge in [-0.15, -0.1) is 0 Å². The second-order valence-electron chi connectivity index (χ2n) is 3.23. The van der Waals surface area contributed by atoms with Crippen molar-refractivity contribution in [3.63, 3.8) is 0 Å². The van der Waals surface area contributed by atoms with Crippen LogP contribution in [0.4, 0.5) is 4.39 Å². The van der Waals surface area contributed by atoms with Crippen LogP contribution in [-0.2, 0) is 7.05 Å². The van der Waals surface area contributed by atoms with Crippen LogP contribution in [-0.4, -0.2) is 15.3 Å². The van der Waals surface area contributed by atoms with Crippen LogP contribution in [0.15, 0.2) is 18.5 Å². The van der Waals surface area contributed by atoms with Crippen LogP contribution in [0.2, 0.25) is 0 Å². The number of rotatable bonds is 1. The molecule has 0 atom stereocenters. The maximum atomic E-state index is 12.9. The first-order valence-electron chi connectivity index (χ1n) is 4.21. The molecular weight excluding hydrogens is 183 g/mol. The molecule has 14 heavy (non-hydrogen) atoms. The van der Waals surface area contributed by atoms with Gasteiger partial charge in [-0.1, -0.05) is 0 Å². The zero-order valence-electron chi connectivity index (χ0n) is 7.91. The smallest absolute Gasteiger partial charge is 0.162 e. The van der Waals surface area contributed by atoms with Crippen molar-refractivity contribution in [1.29, 1.82) is 0 Å². The van der Waals surface area contributed by atoms with E-state index in [1.165, 1.54) is 13.0 Å². The van der Waals surface area contributed by atoms with E-state index in [1.807, 2.05) is 0 Å². The second-order valence-corrected chi connectivity index (χ2v) is 3.23. The summed E-state index contributed by atoms with van der Waals surface area (Å²) in [6.07, 6.45) is 2.81. The van der Waals surface area contributed by atoms with E-state index < -0.39 is 5.82 Å². The molecule has 3 nitrogen and oxygen atoms in total. The van der Waals surface area contributed by atoms with E-state index in [4.69, 9.17) is 0 Å². The molecule has 0 amide bonds. The molecule has 2 aromatic rings. The summed E-state index contributed by atoms with van der Waals surface area (Å²) in [7, 11) is 1.78. The fourth-order valence-corrected chi connectivity index (χ4v) is 1.52. The van der Waals surface area contributed by atoms with Gasteiger partial charge in [0.15, 0.2) is 5.78 Å². The molecule has 72 valence electrons. The van der Waals surface area contributed by atoms with Crippen LogP contribution in [0.25, 0.3) is 11.0 Å². The highest BCUT2D eigenvalue weighted by Crippen LogP contribution is 2.19. The van der Waals surface area contributed by atoms with E-state index in [2.05, 4.69) is 4.98 Å². The summed E-state index contributed by atoms with van der Waals surface area (Å²) >= 11 is 0. The number of carbonyl (C=O) groups excluding carboxylic acids is 1. The van der Waals surface area contributed by atoms with Gasteiger partial charge in [0.05, 0.1) is 6.20 Å². The molecule has 2 rings (SSSR count). The Morgan fingerprint density at radius 1 is 1.57 bits per heavy atom. The average Bonchev–Trinajstić information content (AvgIpc) is 2.43. The van der Waals surface area contributed by atoms with E-state index in [0.717, 1.165) is 6.20 Å². The number of ketones is 1. The van der Waals surface area contributed by atoms with Crippen LogP contribution in [0.1, 0.15) is 17.3 Å². The zero-order chi connectivity index (χ0) is 10.3. The predicted molar refractivity (Wildman–Crippen MR) is 50.7 cm³/mol. The van der Waals surface area contributed by atoms with Crippen molar-refractivity contribution in [2.24, 2.45) is 7.05 Å². The highest BCUT2D eigenvalue weighted by atomic mass is 19.1. The third-order valence-corrected chi connectivity index (χ3v) is 2.16. The first kappa shape index (κ1) is 8.87. The lowest BCUT2D eigenvalue weighted by Crippen LogP contribution is -1.89. The van der Waals surface area contributed by atoms with Gasteiger partial charge in [0.25, 0.3) is 0 Å². The Labute approximate surface area is 80.2 Å². The molecule has 0 radical (unpaired) electrons. The molecule has 2 aromatic heterocycles. The fraction of sp³-hybridized carbons (Fsp3) is 0.200. The maximum Gasteiger partial charge on any atom is 0.162 e. The summed E-state index contributed by atoms with van der Waals surface area (Å²) in [6, 6.07) is 1.33. The molecule has 0 bridgehead atoms. The number of hydrogen-bond donors (Lipinski definition) is 0. The Morgan fingerprint density at radius 2 is 2.29 bits per heavy atom. The van der Waals surface area contributed by atoms with Crippen molar-refractivity contribution >= 4 is 16.8 Å². The Hall–Kier alpha value is -1.71. The minimum atomic E-state index is -0.425. The minimum Gasteiger partial charge on any atom is -0.335 e. The van der Waals surface area contributed by atoms with E-state index in [-0.39, 0.29) is 5.78 Å². The summed E-state index contributed by atoms with van der Waals surface area (Å²) < 4.78 is 14.6. The molecule has 0 aliphatic carbocycles. The summed E-state index contributed by atoms with van der Waals surface area (Å²) in [5, 5.41) is 0.569. The lowest BCUT2D eigenvalue weighted by molar-refractivity contribution is 0.101. The van der Waals surface area contributed by atoms with Gasteiger partial charge in [-0.25, -0.2) is 9.37 Å². The fourth-order valence-electron chi connectivity index (χ4n) is 1.52. The van der Waals surface area contributed by atoms with E-state index in [0.29, 0.717) is 16.6 Å². The van der Waals surface area contributed by atoms with Crippen molar-refractivity contribution < 1.29 is 9.18 Å². The van der Waals surface area contributed by atoms with Crippen LogP contribution in [0.3, 0.4) is 0 Å². The highest BCUT2D eigenvalue weighted by molar-refractivity contribution is 6.06. The average molecular weight is 192 g/mol. The van der Waals surface area contributed by atoms with Gasteiger partial charge in [-0.05, 0) is 13.0 Å². The summed E-state index contributed by atoms with van der Waals surface area (Å²) in [5.74, 6) is -0.505. The topological polar surface area (TPSA) is 34.9 Å². The van der Waals surface area contributed by atoms with Crippen molar-refractivity contribution in [1.82, 2.24) is 9.55 Å². The molecule has 0 saturated carbocycles.